The molecule has 0 bridgehead atoms. The van der Waals surface area contributed by atoms with Crippen molar-refractivity contribution in [2.75, 3.05) is 11.9 Å². The predicted octanol–water partition coefficient (Wildman–Crippen LogP) is 2.06. The van der Waals surface area contributed by atoms with Gasteiger partial charge < -0.3 is 5.32 Å². The first-order valence-corrected chi connectivity index (χ1v) is 6.17. The van der Waals surface area contributed by atoms with Crippen LogP contribution in [-0.4, -0.2) is 30.9 Å². The molecule has 0 aliphatic rings. The lowest BCUT2D eigenvalue weighted by atomic mass is 10.3. The van der Waals surface area contributed by atoms with E-state index in [1.807, 2.05) is 0 Å². The normalized spacial score (nSPS) is 12.0. The van der Waals surface area contributed by atoms with Crippen molar-refractivity contribution in [3.05, 3.63) is 42.6 Å². The van der Waals surface area contributed by atoms with E-state index in [2.05, 4.69) is 20.5 Å². The summed E-state index contributed by atoms with van der Waals surface area (Å²) in [6.45, 7) is 1.07. The quantitative estimate of drug-likeness (QED) is 0.800. The standard InChI is InChI=1S/C12H11F3N6/c13-12(14,15)10-8-9-11(17-4-7-21(9)19-10)16-3-6-20-5-1-2-18-20/h1-2,4-5,7-8H,3,6H2,(H,16,17). The lowest BCUT2D eigenvalue weighted by Gasteiger charge is -2.06. The highest BCUT2D eigenvalue weighted by atomic mass is 19.4. The van der Waals surface area contributed by atoms with E-state index in [1.165, 1.54) is 12.4 Å². The molecule has 0 aliphatic heterocycles. The van der Waals surface area contributed by atoms with E-state index in [0.717, 1.165) is 10.6 Å². The van der Waals surface area contributed by atoms with E-state index in [4.69, 9.17) is 0 Å². The summed E-state index contributed by atoms with van der Waals surface area (Å²) in [5, 5.41) is 10.5. The van der Waals surface area contributed by atoms with Crippen LogP contribution in [0.4, 0.5) is 19.0 Å². The maximum Gasteiger partial charge on any atom is 0.435 e. The van der Waals surface area contributed by atoms with Crippen molar-refractivity contribution < 1.29 is 13.2 Å². The highest BCUT2D eigenvalue weighted by Crippen LogP contribution is 2.29. The molecule has 3 rings (SSSR count). The lowest BCUT2D eigenvalue weighted by Crippen LogP contribution is -2.12. The molecule has 3 aromatic rings. The third-order valence-corrected chi connectivity index (χ3v) is 2.87. The Labute approximate surface area is 117 Å². The van der Waals surface area contributed by atoms with Crippen molar-refractivity contribution >= 4 is 11.3 Å². The van der Waals surface area contributed by atoms with Gasteiger partial charge in [0.1, 0.15) is 5.52 Å². The molecular formula is C12H11F3N6. The van der Waals surface area contributed by atoms with Crippen molar-refractivity contribution in [3.8, 4) is 0 Å². The molecule has 0 aliphatic carbocycles. The van der Waals surface area contributed by atoms with Gasteiger partial charge in [-0.2, -0.15) is 23.4 Å². The van der Waals surface area contributed by atoms with E-state index < -0.39 is 11.9 Å². The highest BCUT2D eigenvalue weighted by molar-refractivity contribution is 5.67. The molecule has 0 spiro atoms. The molecule has 0 saturated heterocycles. The summed E-state index contributed by atoms with van der Waals surface area (Å²) in [6, 6.07) is 2.77. The number of alkyl halides is 3. The summed E-state index contributed by atoms with van der Waals surface area (Å²) >= 11 is 0. The zero-order valence-electron chi connectivity index (χ0n) is 10.7. The van der Waals surface area contributed by atoms with Gasteiger partial charge >= 0.3 is 6.18 Å². The Morgan fingerprint density at radius 1 is 1.19 bits per heavy atom. The van der Waals surface area contributed by atoms with Crippen molar-refractivity contribution in [1.29, 1.82) is 0 Å². The summed E-state index contributed by atoms with van der Waals surface area (Å²) in [4.78, 5) is 4.05. The van der Waals surface area contributed by atoms with Crippen molar-refractivity contribution in [3.63, 3.8) is 0 Å². The van der Waals surface area contributed by atoms with Crippen molar-refractivity contribution in [2.24, 2.45) is 0 Å². The minimum atomic E-state index is -4.47. The summed E-state index contributed by atoms with van der Waals surface area (Å²) in [6.07, 6.45) is 1.76. The predicted molar refractivity (Wildman–Crippen MR) is 68.7 cm³/mol. The fourth-order valence-electron chi connectivity index (χ4n) is 1.92. The highest BCUT2D eigenvalue weighted by Gasteiger charge is 2.34. The average Bonchev–Trinajstić information content (AvgIpc) is 3.06. The second-order valence-electron chi connectivity index (χ2n) is 4.33. The third kappa shape index (κ3) is 2.81. The van der Waals surface area contributed by atoms with Gasteiger partial charge in [0, 0.05) is 37.4 Å². The first kappa shape index (κ1) is 13.4. The van der Waals surface area contributed by atoms with E-state index in [-0.39, 0.29) is 5.52 Å². The summed E-state index contributed by atoms with van der Waals surface area (Å²) < 4.78 is 40.9. The van der Waals surface area contributed by atoms with Crippen LogP contribution in [0.5, 0.6) is 0 Å². The first-order chi connectivity index (χ1) is 10.0. The smallest absolute Gasteiger partial charge is 0.366 e. The molecule has 6 nitrogen and oxygen atoms in total. The Bertz CT molecular complexity index is 731. The molecule has 0 radical (unpaired) electrons. The van der Waals surface area contributed by atoms with E-state index in [1.54, 1.807) is 23.1 Å². The second-order valence-corrected chi connectivity index (χ2v) is 4.33. The molecule has 0 unspecified atom stereocenters. The van der Waals surface area contributed by atoms with Crippen LogP contribution in [0.25, 0.3) is 5.52 Å². The van der Waals surface area contributed by atoms with Gasteiger partial charge in [-0.1, -0.05) is 0 Å². The van der Waals surface area contributed by atoms with Crippen LogP contribution in [0.15, 0.2) is 36.9 Å². The molecule has 3 aromatic heterocycles. The molecule has 9 heteroatoms. The minimum absolute atomic E-state index is 0.283. The van der Waals surface area contributed by atoms with Gasteiger partial charge in [0.2, 0.25) is 0 Å². The van der Waals surface area contributed by atoms with E-state index in [9.17, 15) is 13.2 Å². The molecule has 0 fully saturated rings. The van der Waals surface area contributed by atoms with Gasteiger partial charge in [-0.25, -0.2) is 9.50 Å². The van der Waals surface area contributed by atoms with Crippen molar-refractivity contribution in [1.82, 2.24) is 24.4 Å². The Morgan fingerprint density at radius 3 is 2.76 bits per heavy atom. The summed E-state index contributed by atoms with van der Waals surface area (Å²) in [5.74, 6) is 0.354. The maximum atomic E-state index is 12.7. The first-order valence-electron chi connectivity index (χ1n) is 6.17. The van der Waals surface area contributed by atoms with Gasteiger partial charge in [-0.05, 0) is 6.07 Å². The fraction of sp³-hybridized carbons (Fsp3) is 0.250. The van der Waals surface area contributed by atoms with Crippen LogP contribution in [-0.2, 0) is 12.7 Å². The molecule has 0 saturated carbocycles. The molecule has 0 atom stereocenters. The van der Waals surface area contributed by atoms with Crippen LogP contribution < -0.4 is 5.32 Å². The van der Waals surface area contributed by atoms with Gasteiger partial charge in [-0.3, -0.25) is 4.68 Å². The molecular weight excluding hydrogens is 285 g/mol. The monoisotopic (exact) mass is 296 g/mol. The van der Waals surface area contributed by atoms with Crippen LogP contribution in [0.1, 0.15) is 5.69 Å². The Hall–Kier alpha value is -2.58. The molecule has 3 heterocycles. The lowest BCUT2D eigenvalue weighted by molar-refractivity contribution is -0.141. The summed E-state index contributed by atoms with van der Waals surface area (Å²) in [7, 11) is 0. The Morgan fingerprint density at radius 2 is 2.05 bits per heavy atom. The van der Waals surface area contributed by atoms with Gasteiger partial charge in [0.05, 0.1) is 6.54 Å². The number of hydrogen-bond donors (Lipinski definition) is 1. The average molecular weight is 296 g/mol. The Kier molecular flexibility index (Phi) is 3.24. The topological polar surface area (TPSA) is 60.0 Å². The SMILES string of the molecule is FC(F)(F)c1cc2c(NCCn3cccn3)nccn2n1. The van der Waals surface area contributed by atoms with Gasteiger partial charge in [0.15, 0.2) is 11.5 Å². The van der Waals surface area contributed by atoms with E-state index in [0.29, 0.717) is 18.9 Å². The van der Waals surface area contributed by atoms with Gasteiger partial charge in [0.25, 0.3) is 0 Å². The van der Waals surface area contributed by atoms with Crippen LogP contribution in [0, 0.1) is 0 Å². The fourth-order valence-corrected chi connectivity index (χ4v) is 1.92. The van der Waals surface area contributed by atoms with Crippen molar-refractivity contribution in [2.45, 2.75) is 12.7 Å². The molecule has 1 N–H and O–H groups in total. The molecule has 0 aromatic carbocycles. The minimum Gasteiger partial charge on any atom is -0.366 e. The number of nitrogens with zero attached hydrogens (tertiary/aromatic N) is 5. The third-order valence-electron chi connectivity index (χ3n) is 2.87. The van der Waals surface area contributed by atoms with Gasteiger partial charge in [-0.15, -0.1) is 0 Å². The number of rotatable bonds is 4. The number of hydrogen-bond acceptors (Lipinski definition) is 4. The molecule has 0 amide bonds. The number of aromatic nitrogens is 5. The van der Waals surface area contributed by atoms with Crippen LogP contribution >= 0.6 is 0 Å². The van der Waals surface area contributed by atoms with Crippen LogP contribution in [0.3, 0.4) is 0 Å². The second kappa shape index (κ2) is 5.08. The maximum absolute atomic E-state index is 12.7. The zero-order valence-corrected chi connectivity index (χ0v) is 10.7. The summed E-state index contributed by atoms with van der Waals surface area (Å²) in [5.41, 5.74) is -0.657. The van der Waals surface area contributed by atoms with E-state index >= 15 is 0 Å². The number of nitrogens with one attached hydrogen (secondary N) is 1. The molecule has 110 valence electrons. The van der Waals surface area contributed by atoms with Crippen LogP contribution in [0.2, 0.25) is 0 Å². The zero-order chi connectivity index (χ0) is 14.9. The number of fused-ring (bicyclic) bond motifs is 1. The number of anilines is 1. The largest absolute Gasteiger partial charge is 0.435 e. The number of halogens is 3. The molecule has 21 heavy (non-hydrogen) atoms. The Balaban J connectivity index is 1.80.